The molecule has 0 aromatic rings. The fraction of sp³-hybridized carbons (Fsp3) is 0.900. The zero-order valence-corrected chi connectivity index (χ0v) is 10.4. The molecule has 1 fully saturated rings. The Morgan fingerprint density at radius 1 is 1.50 bits per heavy atom. The van der Waals surface area contributed by atoms with Gasteiger partial charge in [-0.2, -0.15) is 0 Å². The van der Waals surface area contributed by atoms with Crippen molar-refractivity contribution >= 4 is 14.0 Å². The third-order valence-electron chi connectivity index (χ3n) is 2.79. The standard InChI is InChI=1S/C10H21NO2Si/c1-14(2,3)8-10(9(12)13)5-4-6-11-7-10/h11H,4-8H2,1-3H3,(H,12,13). The molecule has 0 spiro atoms. The van der Waals surface area contributed by atoms with Gasteiger partial charge in [-0.3, -0.25) is 4.79 Å². The van der Waals surface area contributed by atoms with Gasteiger partial charge in [-0.25, -0.2) is 0 Å². The Hall–Kier alpha value is -0.353. The van der Waals surface area contributed by atoms with Crippen molar-refractivity contribution in [3.63, 3.8) is 0 Å². The molecule has 82 valence electrons. The van der Waals surface area contributed by atoms with Crippen LogP contribution in [-0.2, 0) is 4.79 Å². The molecule has 1 aliphatic heterocycles. The van der Waals surface area contributed by atoms with Gasteiger partial charge in [0, 0.05) is 14.6 Å². The molecular weight excluding hydrogens is 194 g/mol. The van der Waals surface area contributed by atoms with Crippen LogP contribution in [0.5, 0.6) is 0 Å². The summed E-state index contributed by atoms with van der Waals surface area (Å²) in [6.45, 7) is 8.36. The predicted molar refractivity (Wildman–Crippen MR) is 60.3 cm³/mol. The van der Waals surface area contributed by atoms with Crippen LogP contribution in [0.1, 0.15) is 12.8 Å². The van der Waals surface area contributed by atoms with Crippen LogP contribution in [-0.4, -0.2) is 32.2 Å². The van der Waals surface area contributed by atoms with E-state index in [-0.39, 0.29) is 0 Å². The second-order valence-electron chi connectivity index (χ2n) is 5.60. The van der Waals surface area contributed by atoms with Crippen molar-refractivity contribution in [1.82, 2.24) is 5.32 Å². The summed E-state index contributed by atoms with van der Waals surface area (Å²) in [4.78, 5) is 11.3. The number of carboxylic acids is 1. The summed E-state index contributed by atoms with van der Waals surface area (Å²) in [6.07, 6.45) is 1.84. The molecule has 1 saturated heterocycles. The highest BCUT2D eigenvalue weighted by Gasteiger charge is 2.42. The second kappa shape index (κ2) is 4.02. The van der Waals surface area contributed by atoms with Crippen LogP contribution in [0.15, 0.2) is 0 Å². The lowest BCUT2D eigenvalue weighted by Gasteiger charge is -2.37. The molecule has 0 aromatic heterocycles. The first-order valence-electron chi connectivity index (χ1n) is 5.30. The summed E-state index contributed by atoms with van der Waals surface area (Å²) in [7, 11) is -1.30. The van der Waals surface area contributed by atoms with E-state index in [9.17, 15) is 9.90 Å². The molecule has 3 nitrogen and oxygen atoms in total. The lowest BCUT2D eigenvalue weighted by molar-refractivity contribution is -0.148. The SMILES string of the molecule is C[Si](C)(C)CC1(C(=O)O)CCCNC1. The lowest BCUT2D eigenvalue weighted by Crippen LogP contribution is -2.49. The summed E-state index contributed by atoms with van der Waals surface area (Å²) in [5.74, 6) is -0.605. The van der Waals surface area contributed by atoms with Gasteiger partial charge in [0.15, 0.2) is 0 Å². The van der Waals surface area contributed by atoms with Crippen molar-refractivity contribution < 1.29 is 9.90 Å². The predicted octanol–water partition coefficient (Wildman–Crippen LogP) is 1.78. The first kappa shape index (κ1) is 11.7. The number of hydrogen-bond donors (Lipinski definition) is 2. The molecule has 1 heterocycles. The highest BCUT2D eigenvalue weighted by Crippen LogP contribution is 2.35. The van der Waals surface area contributed by atoms with Crippen molar-refractivity contribution in [3.8, 4) is 0 Å². The fourth-order valence-electron chi connectivity index (χ4n) is 2.39. The Kier molecular flexibility index (Phi) is 3.37. The second-order valence-corrected chi connectivity index (χ2v) is 11.1. The third kappa shape index (κ3) is 2.82. The van der Waals surface area contributed by atoms with Crippen molar-refractivity contribution in [1.29, 1.82) is 0 Å². The Balaban J connectivity index is 2.76. The van der Waals surface area contributed by atoms with Gasteiger partial charge in [0.25, 0.3) is 0 Å². The Morgan fingerprint density at radius 3 is 2.50 bits per heavy atom. The van der Waals surface area contributed by atoms with E-state index < -0.39 is 19.5 Å². The number of rotatable bonds is 3. The number of aliphatic carboxylic acids is 1. The minimum Gasteiger partial charge on any atom is -0.481 e. The van der Waals surface area contributed by atoms with Crippen LogP contribution in [0.3, 0.4) is 0 Å². The van der Waals surface area contributed by atoms with Gasteiger partial charge in [0.05, 0.1) is 5.41 Å². The Labute approximate surface area is 86.9 Å². The number of carbonyl (C=O) groups is 1. The fourth-order valence-corrected chi connectivity index (χ4v) is 4.88. The Morgan fingerprint density at radius 2 is 2.14 bits per heavy atom. The number of hydrogen-bond acceptors (Lipinski definition) is 2. The van der Waals surface area contributed by atoms with E-state index in [4.69, 9.17) is 0 Å². The highest BCUT2D eigenvalue weighted by atomic mass is 28.3. The quantitative estimate of drug-likeness (QED) is 0.706. The first-order valence-corrected chi connectivity index (χ1v) is 9.01. The molecule has 2 N–H and O–H groups in total. The molecule has 0 aliphatic carbocycles. The summed E-state index contributed by atoms with van der Waals surface area (Å²) in [5, 5.41) is 12.6. The minimum atomic E-state index is -1.30. The van der Waals surface area contributed by atoms with E-state index in [0.717, 1.165) is 25.4 Å². The van der Waals surface area contributed by atoms with E-state index in [1.165, 1.54) is 0 Å². The van der Waals surface area contributed by atoms with E-state index in [1.54, 1.807) is 0 Å². The highest BCUT2D eigenvalue weighted by molar-refractivity contribution is 6.76. The van der Waals surface area contributed by atoms with Crippen molar-refractivity contribution in [2.45, 2.75) is 38.5 Å². The monoisotopic (exact) mass is 215 g/mol. The zero-order valence-electron chi connectivity index (χ0n) is 9.39. The molecule has 1 rings (SSSR count). The zero-order chi connectivity index (χ0) is 10.8. The molecule has 1 aliphatic rings. The molecule has 0 bridgehead atoms. The smallest absolute Gasteiger partial charge is 0.310 e. The van der Waals surface area contributed by atoms with Crippen molar-refractivity contribution in [3.05, 3.63) is 0 Å². The molecular formula is C10H21NO2Si. The van der Waals surface area contributed by atoms with Crippen LogP contribution < -0.4 is 5.32 Å². The summed E-state index contributed by atoms with van der Waals surface area (Å²) < 4.78 is 0. The lowest BCUT2D eigenvalue weighted by atomic mass is 9.83. The van der Waals surface area contributed by atoms with Crippen molar-refractivity contribution in [2.75, 3.05) is 13.1 Å². The summed E-state index contributed by atoms with van der Waals surface area (Å²) in [6, 6.07) is 0.891. The van der Waals surface area contributed by atoms with Gasteiger partial charge in [0.2, 0.25) is 0 Å². The van der Waals surface area contributed by atoms with Crippen LogP contribution in [0.4, 0.5) is 0 Å². The topological polar surface area (TPSA) is 49.3 Å². The maximum absolute atomic E-state index is 11.3. The average Bonchev–Trinajstić information content (AvgIpc) is 2.02. The molecule has 1 atom stereocenters. The van der Waals surface area contributed by atoms with Crippen LogP contribution >= 0.6 is 0 Å². The molecule has 0 amide bonds. The van der Waals surface area contributed by atoms with Gasteiger partial charge in [0.1, 0.15) is 0 Å². The van der Waals surface area contributed by atoms with Gasteiger partial charge in [-0.1, -0.05) is 19.6 Å². The van der Waals surface area contributed by atoms with E-state index in [1.807, 2.05) is 0 Å². The molecule has 0 aromatic carbocycles. The summed E-state index contributed by atoms with van der Waals surface area (Å²) in [5.41, 5.74) is -0.470. The normalized spacial score (nSPS) is 28.8. The van der Waals surface area contributed by atoms with E-state index >= 15 is 0 Å². The summed E-state index contributed by atoms with van der Waals surface area (Å²) >= 11 is 0. The Bertz CT molecular complexity index is 217. The van der Waals surface area contributed by atoms with Crippen LogP contribution in [0.25, 0.3) is 0 Å². The first-order chi connectivity index (χ1) is 6.36. The van der Waals surface area contributed by atoms with Gasteiger partial charge >= 0.3 is 5.97 Å². The number of nitrogens with one attached hydrogen (secondary N) is 1. The number of piperidine rings is 1. The molecule has 1 unspecified atom stereocenters. The van der Waals surface area contributed by atoms with Gasteiger partial charge in [-0.15, -0.1) is 0 Å². The largest absolute Gasteiger partial charge is 0.481 e. The van der Waals surface area contributed by atoms with E-state index in [2.05, 4.69) is 25.0 Å². The van der Waals surface area contributed by atoms with Crippen LogP contribution in [0.2, 0.25) is 25.7 Å². The maximum atomic E-state index is 11.3. The van der Waals surface area contributed by atoms with E-state index in [0.29, 0.717) is 6.54 Å². The molecule has 4 heteroatoms. The molecule has 0 radical (unpaired) electrons. The van der Waals surface area contributed by atoms with Gasteiger partial charge in [-0.05, 0) is 25.4 Å². The maximum Gasteiger partial charge on any atom is 0.310 e. The average molecular weight is 215 g/mol. The van der Waals surface area contributed by atoms with Crippen molar-refractivity contribution in [2.24, 2.45) is 5.41 Å². The van der Waals surface area contributed by atoms with Gasteiger partial charge < -0.3 is 10.4 Å². The number of carboxylic acid groups (broad SMARTS) is 1. The minimum absolute atomic E-state index is 0.470. The van der Waals surface area contributed by atoms with Crippen LogP contribution in [0, 0.1) is 5.41 Å². The molecule has 0 saturated carbocycles. The molecule has 14 heavy (non-hydrogen) atoms. The third-order valence-corrected chi connectivity index (χ3v) is 4.53.